The molecule has 0 fully saturated rings. The molecule has 52 valence electrons. The Kier molecular flexibility index (Phi) is 11.9. The molecule has 0 atom stereocenters. The third-order valence-corrected chi connectivity index (χ3v) is 0.271. The number of carboxylic acids is 1. The average molecular weight is 131 g/mol. The summed E-state index contributed by atoms with van der Waals surface area (Å²) in [6.07, 6.45) is 1.83. The van der Waals surface area contributed by atoms with Gasteiger partial charge in [-0.2, -0.15) is 0 Å². The van der Waals surface area contributed by atoms with E-state index in [9.17, 15) is 4.79 Å². The molecular formula is C5H9NO3. The lowest BCUT2D eigenvalue weighted by Crippen LogP contribution is -2.10. The van der Waals surface area contributed by atoms with E-state index in [1.54, 1.807) is 0 Å². The molecular weight excluding hydrogens is 122 g/mol. The van der Waals surface area contributed by atoms with Crippen molar-refractivity contribution in [3.8, 4) is 0 Å². The maximum Gasteiger partial charge on any atom is 0.317 e. The van der Waals surface area contributed by atoms with E-state index in [1.807, 2.05) is 0 Å². The molecule has 9 heavy (non-hydrogen) atoms. The van der Waals surface area contributed by atoms with Crippen molar-refractivity contribution < 1.29 is 14.7 Å². The number of carboxylic acid groups (broad SMARTS) is 1. The monoisotopic (exact) mass is 131 g/mol. The molecule has 0 bridgehead atoms. The quantitative estimate of drug-likeness (QED) is 0.387. The Balaban J connectivity index is 0. The van der Waals surface area contributed by atoms with Gasteiger partial charge in [-0.1, -0.05) is 6.58 Å². The van der Waals surface area contributed by atoms with Crippen LogP contribution in [0, 0.1) is 0 Å². The van der Waals surface area contributed by atoms with Crippen LogP contribution in [0.3, 0.4) is 0 Å². The highest BCUT2D eigenvalue weighted by atomic mass is 16.4. The highest BCUT2D eigenvalue weighted by Crippen LogP contribution is 1.43. The van der Waals surface area contributed by atoms with E-state index in [0.717, 1.165) is 0 Å². The number of carbonyl (C=O) groups is 2. The molecule has 0 aromatic rings. The number of hydrogen-bond acceptors (Lipinski definition) is 3. The summed E-state index contributed by atoms with van der Waals surface area (Å²) in [6.45, 7) is 2.83. The summed E-state index contributed by atoms with van der Waals surface area (Å²) in [5.41, 5.74) is 4.57. The third-order valence-electron chi connectivity index (χ3n) is 0.271. The van der Waals surface area contributed by atoms with Gasteiger partial charge in [-0.05, 0) is 6.08 Å². The fourth-order valence-electron chi connectivity index (χ4n) is 0. The zero-order chi connectivity index (χ0) is 7.70. The van der Waals surface area contributed by atoms with E-state index in [1.165, 1.54) is 6.08 Å². The van der Waals surface area contributed by atoms with Crippen LogP contribution in [0.25, 0.3) is 0 Å². The van der Waals surface area contributed by atoms with Crippen molar-refractivity contribution in [3.63, 3.8) is 0 Å². The molecule has 0 radical (unpaired) electrons. The topological polar surface area (TPSA) is 80.4 Å². The van der Waals surface area contributed by atoms with Crippen molar-refractivity contribution in [1.29, 1.82) is 0 Å². The minimum absolute atomic E-state index is 0.278. The standard InChI is InChI=1S/C3H4O.C2H5NO2/c1-2-3-4;3-1-2(4)5/h2-3H,1H2;1,3H2,(H,4,5). The molecule has 4 heteroatoms. The van der Waals surface area contributed by atoms with Gasteiger partial charge in [0, 0.05) is 0 Å². The predicted octanol–water partition coefficient (Wildman–Crippen LogP) is -0.599. The molecule has 0 aromatic heterocycles. The maximum absolute atomic E-state index is 9.24. The maximum atomic E-state index is 9.24. The van der Waals surface area contributed by atoms with Gasteiger partial charge in [0.15, 0.2) is 0 Å². The second-order valence-electron chi connectivity index (χ2n) is 0.970. The fourth-order valence-corrected chi connectivity index (χ4v) is 0. The van der Waals surface area contributed by atoms with Crippen LogP contribution in [-0.4, -0.2) is 23.9 Å². The van der Waals surface area contributed by atoms with Crippen molar-refractivity contribution in [3.05, 3.63) is 12.7 Å². The van der Waals surface area contributed by atoms with Gasteiger partial charge in [0.2, 0.25) is 0 Å². The summed E-state index contributed by atoms with van der Waals surface area (Å²) >= 11 is 0. The van der Waals surface area contributed by atoms with Crippen LogP contribution in [-0.2, 0) is 9.59 Å². The van der Waals surface area contributed by atoms with Gasteiger partial charge >= 0.3 is 5.97 Å². The number of carbonyl (C=O) groups excluding carboxylic acids is 1. The van der Waals surface area contributed by atoms with Crippen LogP contribution in [0.5, 0.6) is 0 Å². The lowest BCUT2D eigenvalue weighted by Gasteiger charge is -1.73. The summed E-state index contributed by atoms with van der Waals surface area (Å²) in [7, 11) is 0. The van der Waals surface area contributed by atoms with E-state index in [2.05, 4.69) is 12.3 Å². The number of rotatable bonds is 2. The molecule has 0 unspecified atom stereocenters. The smallest absolute Gasteiger partial charge is 0.317 e. The van der Waals surface area contributed by atoms with Crippen molar-refractivity contribution in [1.82, 2.24) is 0 Å². The van der Waals surface area contributed by atoms with E-state index < -0.39 is 5.97 Å². The molecule has 0 aliphatic heterocycles. The fraction of sp³-hybridized carbons (Fsp3) is 0.200. The summed E-state index contributed by atoms with van der Waals surface area (Å²) in [4.78, 5) is 18.3. The lowest BCUT2D eigenvalue weighted by molar-refractivity contribution is -0.135. The van der Waals surface area contributed by atoms with Crippen molar-refractivity contribution in [2.45, 2.75) is 0 Å². The van der Waals surface area contributed by atoms with Gasteiger partial charge in [0.05, 0.1) is 6.54 Å². The van der Waals surface area contributed by atoms with Crippen molar-refractivity contribution in [2.75, 3.05) is 6.54 Å². The van der Waals surface area contributed by atoms with Gasteiger partial charge in [-0.15, -0.1) is 0 Å². The summed E-state index contributed by atoms with van der Waals surface area (Å²) in [6, 6.07) is 0. The highest BCUT2D eigenvalue weighted by Gasteiger charge is 1.81. The van der Waals surface area contributed by atoms with Crippen LogP contribution >= 0.6 is 0 Å². The predicted molar refractivity (Wildman–Crippen MR) is 33.0 cm³/mol. The Morgan fingerprint density at radius 1 is 1.78 bits per heavy atom. The summed E-state index contributed by atoms with van der Waals surface area (Å²) < 4.78 is 0. The molecule has 0 heterocycles. The zero-order valence-electron chi connectivity index (χ0n) is 4.91. The number of nitrogens with two attached hydrogens (primary N) is 1. The minimum Gasteiger partial charge on any atom is -0.480 e. The molecule has 0 aromatic carbocycles. The molecule has 0 amide bonds. The molecule has 0 aliphatic carbocycles. The molecule has 0 aliphatic rings. The van der Waals surface area contributed by atoms with Crippen LogP contribution in [0.2, 0.25) is 0 Å². The molecule has 0 spiro atoms. The largest absolute Gasteiger partial charge is 0.480 e. The van der Waals surface area contributed by atoms with Crippen LogP contribution in [0.4, 0.5) is 0 Å². The Bertz CT molecular complexity index is 94.4. The van der Waals surface area contributed by atoms with Crippen molar-refractivity contribution in [2.24, 2.45) is 5.73 Å². The molecule has 0 saturated carbocycles. The number of hydrogen-bond donors (Lipinski definition) is 2. The Hall–Kier alpha value is -1.16. The molecule has 4 nitrogen and oxygen atoms in total. The third kappa shape index (κ3) is 47.3. The highest BCUT2D eigenvalue weighted by molar-refractivity contribution is 5.68. The average Bonchev–Trinajstić information content (AvgIpc) is 1.89. The van der Waals surface area contributed by atoms with Crippen LogP contribution in [0.1, 0.15) is 0 Å². The molecule has 3 N–H and O–H groups in total. The molecule has 0 saturated heterocycles. The lowest BCUT2D eigenvalue weighted by atomic mass is 10.7. The van der Waals surface area contributed by atoms with Crippen LogP contribution < -0.4 is 5.73 Å². The number of aliphatic carboxylic acids is 1. The van der Waals surface area contributed by atoms with Gasteiger partial charge < -0.3 is 10.8 Å². The number of aldehydes is 1. The van der Waals surface area contributed by atoms with E-state index >= 15 is 0 Å². The van der Waals surface area contributed by atoms with Gasteiger partial charge in [-0.25, -0.2) is 0 Å². The van der Waals surface area contributed by atoms with Gasteiger partial charge in [-0.3, -0.25) is 9.59 Å². The first-order chi connectivity index (χ1) is 4.18. The van der Waals surface area contributed by atoms with E-state index in [4.69, 9.17) is 9.90 Å². The summed E-state index contributed by atoms with van der Waals surface area (Å²) in [5.74, 6) is -0.968. The first-order valence-electron chi connectivity index (χ1n) is 2.17. The van der Waals surface area contributed by atoms with Crippen LogP contribution in [0.15, 0.2) is 12.7 Å². The Morgan fingerprint density at radius 3 is 2.00 bits per heavy atom. The minimum atomic E-state index is -0.968. The first kappa shape index (κ1) is 10.8. The van der Waals surface area contributed by atoms with Crippen molar-refractivity contribution >= 4 is 12.3 Å². The number of allylic oxidation sites excluding steroid dienone is 1. The molecule has 0 rings (SSSR count). The zero-order valence-corrected chi connectivity index (χ0v) is 4.91. The van der Waals surface area contributed by atoms with E-state index in [-0.39, 0.29) is 6.54 Å². The van der Waals surface area contributed by atoms with E-state index in [0.29, 0.717) is 6.29 Å². The second-order valence-corrected chi connectivity index (χ2v) is 0.970. The normalized spacial score (nSPS) is 6.33. The summed E-state index contributed by atoms with van der Waals surface area (Å²) in [5, 5.41) is 7.60. The SMILES string of the molecule is C=CC=O.NCC(=O)O. The first-order valence-corrected chi connectivity index (χ1v) is 2.17. The second kappa shape index (κ2) is 9.96. The van der Waals surface area contributed by atoms with Gasteiger partial charge in [0.1, 0.15) is 6.29 Å². The van der Waals surface area contributed by atoms with Gasteiger partial charge in [0.25, 0.3) is 0 Å². The Labute approximate surface area is 53.0 Å². The Morgan fingerprint density at radius 2 is 2.00 bits per heavy atom.